The van der Waals surface area contributed by atoms with Gasteiger partial charge in [0.2, 0.25) is 17.8 Å². The van der Waals surface area contributed by atoms with E-state index in [-0.39, 0.29) is 0 Å². The van der Waals surface area contributed by atoms with Gasteiger partial charge in [-0.25, -0.2) is 5.43 Å². The molecule has 0 saturated carbocycles. The molecule has 2 rings (SSSR count). The Kier molecular flexibility index (Phi) is 5.20. The van der Waals surface area contributed by atoms with Crippen molar-refractivity contribution in [2.75, 3.05) is 40.7 Å². The summed E-state index contributed by atoms with van der Waals surface area (Å²) in [5, 5.41) is 10.5. The highest BCUT2D eigenvalue weighted by atomic mass is 32.2. The molecule has 0 bridgehead atoms. The third-order valence-corrected chi connectivity index (χ3v) is 3.45. The van der Waals surface area contributed by atoms with E-state index in [9.17, 15) is 0 Å². The molecule has 1 aromatic heterocycles. The van der Waals surface area contributed by atoms with Crippen LogP contribution in [0.2, 0.25) is 0 Å². The second-order valence-corrected chi connectivity index (χ2v) is 5.06. The highest BCUT2D eigenvalue weighted by Crippen LogP contribution is 2.15. The van der Waals surface area contributed by atoms with Gasteiger partial charge in [-0.2, -0.15) is 31.8 Å². The van der Waals surface area contributed by atoms with Crippen molar-refractivity contribution in [2.45, 2.75) is 20.3 Å². The van der Waals surface area contributed by atoms with Gasteiger partial charge in [0.1, 0.15) is 0 Å². The van der Waals surface area contributed by atoms with Gasteiger partial charge in [0, 0.05) is 24.6 Å². The molecule has 7 nitrogen and oxygen atoms in total. The molecule has 0 radical (unpaired) electrons. The van der Waals surface area contributed by atoms with Crippen LogP contribution in [0.3, 0.4) is 0 Å². The van der Waals surface area contributed by atoms with Crippen LogP contribution in [0.1, 0.15) is 20.3 Å². The second-order valence-electron chi connectivity index (χ2n) is 3.96. The molecule has 19 heavy (non-hydrogen) atoms. The molecule has 1 fully saturated rings. The Morgan fingerprint density at radius 3 is 2.21 bits per heavy atom. The Bertz CT molecular complexity index is 416. The van der Waals surface area contributed by atoms with Gasteiger partial charge in [0.05, 0.1) is 0 Å². The van der Waals surface area contributed by atoms with Gasteiger partial charge in [0.25, 0.3) is 0 Å². The summed E-state index contributed by atoms with van der Waals surface area (Å²) in [6.07, 6.45) is 1.03. The molecule has 0 amide bonds. The smallest absolute Gasteiger partial charge is 0.250 e. The molecule has 104 valence electrons. The van der Waals surface area contributed by atoms with Gasteiger partial charge in [-0.1, -0.05) is 0 Å². The minimum Gasteiger partial charge on any atom is -0.354 e. The normalized spacial score (nSPS) is 16.6. The number of nitrogens with one attached hydrogen (secondary N) is 3. The predicted molar refractivity (Wildman–Crippen MR) is 81.2 cm³/mol. The SMILES string of the molecule is CCNc1nc(NCC)nc(N/N=C2/CCSC2)n1. The first-order valence-electron chi connectivity index (χ1n) is 6.44. The van der Waals surface area contributed by atoms with Crippen LogP contribution < -0.4 is 16.1 Å². The van der Waals surface area contributed by atoms with Crippen LogP contribution in [0.4, 0.5) is 17.8 Å². The predicted octanol–water partition coefficient (Wildman–Crippen LogP) is 1.64. The lowest BCUT2D eigenvalue weighted by Gasteiger charge is -2.07. The van der Waals surface area contributed by atoms with Gasteiger partial charge in [-0.3, -0.25) is 0 Å². The van der Waals surface area contributed by atoms with E-state index < -0.39 is 0 Å². The summed E-state index contributed by atoms with van der Waals surface area (Å²) in [5.74, 6) is 3.70. The van der Waals surface area contributed by atoms with E-state index in [0.717, 1.165) is 36.7 Å². The number of hydrogen-bond acceptors (Lipinski definition) is 8. The molecule has 1 aromatic rings. The van der Waals surface area contributed by atoms with Crippen molar-refractivity contribution in [1.82, 2.24) is 15.0 Å². The average Bonchev–Trinajstić information content (AvgIpc) is 2.90. The maximum Gasteiger partial charge on any atom is 0.250 e. The van der Waals surface area contributed by atoms with Gasteiger partial charge >= 0.3 is 0 Å². The van der Waals surface area contributed by atoms with Gasteiger partial charge in [0.15, 0.2) is 0 Å². The highest BCUT2D eigenvalue weighted by Gasteiger charge is 2.09. The molecule has 3 N–H and O–H groups in total. The summed E-state index contributed by atoms with van der Waals surface area (Å²) in [7, 11) is 0. The topological polar surface area (TPSA) is 87.1 Å². The van der Waals surface area contributed by atoms with Gasteiger partial charge < -0.3 is 10.6 Å². The van der Waals surface area contributed by atoms with Crippen LogP contribution in [0.15, 0.2) is 5.10 Å². The number of aromatic nitrogens is 3. The lowest BCUT2D eigenvalue weighted by Crippen LogP contribution is -2.11. The fourth-order valence-corrected chi connectivity index (χ4v) is 2.54. The van der Waals surface area contributed by atoms with E-state index in [0.29, 0.717) is 17.8 Å². The number of rotatable bonds is 6. The first kappa shape index (κ1) is 13.9. The van der Waals surface area contributed by atoms with Crippen molar-refractivity contribution in [2.24, 2.45) is 5.10 Å². The third-order valence-electron chi connectivity index (χ3n) is 2.42. The second kappa shape index (κ2) is 7.13. The van der Waals surface area contributed by atoms with E-state index >= 15 is 0 Å². The molecule has 8 heteroatoms. The Labute approximate surface area is 117 Å². The van der Waals surface area contributed by atoms with Gasteiger partial charge in [-0.15, -0.1) is 0 Å². The maximum atomic E-state index is 4.33. The molecular formula is C11H19N7S. The third kappa shape index (κ3) is 4.23. The fraction of sp³-hybridized carbons (Fsp3) is 0.636. The van der Waals surface area contributed by atoms with Crippen molar-refractivity contribution in [3.8, 4) is 0 Å². The van der Waals surface area contributed by atoms with E-state index in [1.807, 2.05) is 25.6 Å². The molecular weight excluding hydrogens is 262 g/mol. The zero-order valence-corrected chi connectivity index (χ0v) is 12.0. The fourth-order valence-electron chi connectivity index (χ4n) is 1.57. The van der Waals surface area contributed by atoms with Crippen LogP contribution in [-0.2, 0) is 0 Å². The lowest BCUT2D eigenvalue weighted by atomic mass is 10.3. The minimum atomic E-state index is 0.464. The first-order chi connectivity index (χ1) is 9.31. The molecule has 0 aromatic carbocycles. The summed E-state index contributed by atoms with van der Waals surface area (Å²) in [4.78, 5) is 12.8. The number of hydrazone groups is 1. The number of anilines is 3. The summed E-state index contributed by atoms with van der Waals surface area (Å²) in [6.45, 7) is 5.53. The van der Waals surface area contributed by atoms with Crippen molar-refractivity contribution in [3.63, 3.8) is 0 Å². The largest absolute Gasteiger partial charge is 0.354 e. The maximum absolute atomic E-state index is 4.33. The molecule has 0 aliphatic carbocycles. The van der Waals surface area contributed by atoms with E-state index in [1.165, 1.54) is 0 Å². The number of thioether (sulfide) groups is 1. The van der Waals surface area contributed by atoms with Gasteiger partial charge in [-0.05, 0) is 26.0 Å². The van der Waals surface area contributed by atoms with Crippen molar-refractivity contribution in [3.05, 3.63) is 0 Å². The average molecular weight is 281 g/mol. The Morgan fingerprint density at radius 1 is 1.05 bits per heavy atom. The summed E-state index contributed by atoms with van der Waals surface area (Å²) >= 11 is 1.89. The summed E-state index contributed by atoms with van der Waals surface area (Å²) < 4.78 is 0. The van der Waals surface area contributed by atoms with Crippen molar-refractivity contribution >= 4 is 35.3 Å². The van der Waals surface area contributed by atoms with Crippen LogP contribution >= 0.6 is 11.8 Å². The van der Waals surface area contributed by atoms with Crippen molar-refractivity contribution in [1.29, 1.82) is 0 Å². The standard InChI is InChI=1S/C11H19N7S/c1-3-12-9-14-10(13-4-2)16-11(15-9)18-17-8-5-6-19-7-8/h3-7H2,1-2H3,(H3,12,13,14,15,16,18)/b17-8-. The Balaban J connectivity index is 2.10. The zero-order valence-electron chi connectivity index (χ0n) is 11.2. The minimum absolute atomic E-state index is 0.464. The van der Waals surface area contributed by atoms with Crippen LogP contribution in [0.25, 0.3) is 0 Å². The number of nitrogens with zero attached hydrogens (tertiary/aromatic N) is 4. The summed E-state index contributed by atoms with van der Waals surface area (Å²) in [6, 6.07) is 0. The molecule has 1 saturated heterocycles. The Morgan fingerprint density at radius 2 is 1.68 bits per heavy atom. The summed E-state index contributed by atoms with van der Waals surface area (Å²) in [5.41, 5.74) is 4.07. The molecule has 0 unspecified atom stereocenters. The van der Waals surface area contributed by atoms with E-state index in [2.05, 4.69) is 36.1 Å². The molecule has 1 aliphatic heterocycles. The molecule has 0 atom stereocenters. The quantitative estimate of drug-likeness (QED) is 0.683. The van der Waals surface area contributed by atoms with E-state index in [1.54, 1.807) is 0 Å². The monoisotopic (exact) mass is 281 g/mol. The molecule has 2 heterocycles. The van der Waals surface area contributed by atoms with Crippen LogP contribution in [-0.4, -0.2) is 45.3 Å². The molecule has 1 aliphatic rings. The Hall–Kier alpha value is -1.57. The number of hydrogen-bond donors (Lipinski definition) is 3. The highest BCUT2D eigenvalue weighted by molar-refractivity contribution is 8.00. The first-order valence-corrected chi connectivity index (χ1v) is 7.60. The van der Waals surface area contributed by atoms with Crippen LogP contribution in [0, 0.1) is 0 Å². The lowest BCUT2D eigenvalue weighted by molar-refractivity contribution is 0.990. The zero-order chi connectivity index (χ0) is 13.5. The van der Waals surface area contributed by atoms with Crippen molar-refractivity contribution < 1.29 is 0 Å². The van der Waals surface area contributed by atoms with Crippen LogP contribution in [0.5, 0.6) is 0 Å². The molecule has 0 spiro atoms. The van der Waals surface area contributed by atoms with E-state index in [4.69, 9.17) is 0 Å².